The van der Waals surface area contributed by atoms with Crippen LogP contribution >= 0.6 is 15.9 Å². The highest BCUT2D eigenvalue weighted by molar-refractivity contribution is 9.10. The van der Waals surface area contributed by atoms with Crippen molar-refractivity contribution in [3.05, 3.63) is 69.9 Å². The molecular formula is C20H18BrFO4. The molecular weight excluding hydrogens is 403 g/mol. The summed E-state index contributed by atoms with van der Waals surface area (Å²) in [7, 11) is 0. The molecule has 0 radical (unpaired) electrons. The summed E-state index contributed by atoms with van der Waals surface area (Å²) < 4.78 is 19.0. The highest BCUT2D eigenvalue weighted by Gasteiger charge is 2.20. The van der Waals surface area contributed by atoms with Gasteiger partial charge in [0.05, 0.1) is 5.92 Å². The Labute approximate surface area is 159 Å². The van der Waals surface area contributed by atoms with Crippen molar-refractivity contribution in [1.82, 2.24) is 0 Å². The van der Waals surface area contributed by atoms with Crippen molar-refractivity contribution >= 4 is 33.5 Å². The van der Waals surface area contributed by atoms with Gasteiger partial charge in [-0.1, -0.05) is 47.1 Å². The summed E-state index contributed by atoms with van der Waals surface area (Å²) in [6.07, 6.45) is 0.0471. The van der Waals surface area contributed by atoms with E-state index in [9.17, 15) is 18.8 Å². The van der Waals surface area contributed by atoms with E-state index in [-0.39, 0.29) is 36.6 Å². The highest BCUT2D eigenvalue weighted by atomic mass is 79.9. The summed E-state index contributed by atoms with van der Waals surface area (Å²) in [5.74, 6) is -2.44. The van der Waals surface area contributed by atoms with Crippen molar-refractivity contribution in [2.75, 3.05) is 6.61 Å². The van der Waals surface area contributed by atoms with Crippen LogP contribution in [0.15, 0.2) is 53.0 Å². The van der Waals surface area contributed by atoms with E-state index in [1.54, 1.807) is 0 Å². The second-order valence-corrected chi connectivity index (χ2v) is 6.91. The molecule has 1 atom stereocenters. The number of rotatable bonds is 8. The lowest BCUT2D eigenvalue weighted by atomic mass is 10.00. The van der Waals surface area contributed by atoms with Gasteiger partial charge in [-0.2, -0.15) is 0 Å². The molecule has 0 aliphatic rings. The van der Waals surface area contributed by atoms with Gasteiger partial charge in [0, 0.05) is 22.9 Å². The molecule has 1 unspecified atom stereocenters. The molecule has 26 heavy (non-hydrogen) atoms. The Balaban J connectivity index is 1.81. The van der Waals surface area contributed by atoms with Crippen molar-refractivity contribution in [2.45, 2.75) is 19.8 Å². The molecule has 2 aromatic rings. The molecule has 6 heteroatoms. The van der Waals surface area contributed by atoms with Gasteiger partial charge in [0.1, 0.15) is 12.4 Å². The fraction of sp³-hybridized carbons (Fsp3) is 0.250. The van der Waals surface area contributed by atoms with Crippen LogP contribution in [0.5, 0.6) is 0 Å². The fourth-order valence-corrected chi connectivity index (χ4v) is 2.81. The average Bonchev–Trinajstić information content (AvgIpc) is 2.59. The Morgan fingerprint density at radius 1 is 1.12 bits per heavy atom. The van der Waals surface area contributed by atoms with E-state index in [4.69, 9.17) is 4.74 Å². The van der Waals surface area contributed by atoms with Crippen LogP contribution < -0.4 is 0 Å². The zero-order valence-corrected chi connectivity index (χ0v) is 15.8. The number of ketones is 2. The lowest BCUT2D eigenvalue weighted by Crippen LogP contribution is -2.22. The van der Waals surface area contributed by atoms with Gasteiger partial charge in [-0.05, 0) is 29.8 Å². The maximum absolute atomic E-state index is 13.2. The lowest BCUT2D eigenvalue weighted by Gasteiger charge is -2.11. The largest absolute Gasteiger partial charge is 0.457 e. The molecule has 0 bridgehead atoms. The van der Waals surface area contributed by atoms with Gasteiger partial charge in [-0.15, -0.1) is 0 Å². The first kappa shape index (κ1) is 20.0. The Morgan fingerprint density at radius 2 is 1.85 bits per heavy atom. The van der Waals surface area contributed by atoms with Crippen LogP contribution in [0, 0.1) is 11.7 Å². The van der Waals surface area contributed by atoms with E-state index in [1.807, 2.05) is 24.3 Å². The molecule has 0 heterocycles. The van der Waals surface area contributed by atoms with E-state index < -0.39 is 17.7 Å². The number of esters is 1. The third-order valence-electron chi connectivity index (χ3n) is 3.71. The lowest BCUT2D eigenvalue weighted by molar-refractivity contribution is -0.151. The van der Waals surface area contributed by atoms with Gasteiger partial charge < -0.3 is 4.74 Å². The molecule has 0 N–H and O–H groups in total. The predicted octanol–water partition coefficient (Wildman–Crippen LogP) is 4.15. The van der Waals surface area contributed by atoms with Crippen LogP contribution in [-0.4, -0.2) is 24.1 Å². The number of benzene rings is 2. The molecule has 0 saturated carbocycles. The van der Waals surface area contributed by atoms with Crippen molar-refractivity contribution in [3.8, 4) is 0 Å². The smallest absolute Gasteiger partial charge is 0.309 e. The predicted molar refractivity (Wildman–Crippen MR) is 98.3 cm³/mol. The van der Waals surface area contributed by atoms with E-state index in [0.29, 0.717) is 0 Å². The molecule has 0 aliphatic heterocycles. The monoisotopic (exact) mass is 420 g/mol. The standard InChI is InChI=1S/C20H18BrFO4/c1-13(8-19(24)15-5-3-7-17(22)11-15)20(25)26-12-18(23)10-14-4-2-6-16(21)9-14/h2-7,9,11,13H,8,10,12H2,1H3. The topological polar surface area (TPSA) is 60.4 Å². The SMILES string of the molecule is CC(CC(=O)c1cccc(F)c1)C(=O)OCC(=O)Cc1cccc(Br)c1. The van der Waals surface area contributed by atoms with Gasteiger partial charge in [0.2, 0.25) is 0 Å². The van der Waals surface area contributed by atoms with Crippen molar-refractivity contribution < 1.29 is 23.5 Å². The first-order valence-electron chi connectivity index (χ1n) is 8.06. The van der Waals surface area contributed by atoms with Crippen molar-refractivity contribution in [1.29, 1.82) is 0 Å². The maximum Gasteiger partial charge on any atom is 0.309 e. The first-order valence-corrected chi connectivity index (χ1v) is 8.86. The summed E-state index contributed by atoms with van der Waals surface area (Å²) in [5.41, 5.74) is 1.02. The molecule has 2 rings (SSSR count). The summed E-state index contributed by atoms with van der Waals surface area (Å²) in [6.45, 7) is 1.20. The van der Waals surface area contributed by atoms with Crippen molar-refractivity contribution in [2.24, 2.45) is 5.92 Å². The Kier molecular flexibility index (Phi) is 7.21. The Bertz CT molecular complexity index is 819. The summed E-state index contributed by atoms with van der Waals surface area (Å²) in [5, 5.41) is 0. The third-order valence-corrected chi connectivity index (χ3v) is 4.20. The molecule has 0 aliphatic carbocycles. The van der Waals surface area contributed by atoms with Crippen LogP contribution in [-0.2, 0) is 20.7 Å². The molecule has 0 aromatic heterocycles. The van der Waals surface area contributed by atoms with Crippen molar-refractivity contribution in [3.63, 3.8) is 0 Å². The van der Waals surface area contributed by atoms with Crippen LogP contribution in [0.25, 0.3) is 0 Å². The van der Waals surface area contributed by atoms with E-state index in [2.05, 4.69) is 15.9 Å². The van der Waals surface area contributed by atoms with Gasteiger partial charge in [0.25, 0.3) is 0 Å². The maximum atomic E-state index is 13.2. The zero-order chi connectivity index (χ0) is 19.1. The number of carbonyl (C=O) groups excluding carboxylic acids is 3. The summed E-state index contributed by atoms with van der Waals surface area (Å²) in [4.78, 5) is 36.0. The molecule has 0 saturated heterocycles. The average molecular weight is 421 g/mol. The van der Waals surface area contributed by atoms with E-state index in [0.717, 1.165) is 16.1 Å². The Morgan fingerprint density at radius 3 is 2.54 bits per heavy atom. The quantitative estimate of drug-likeness (QED) is 0.475. The third kappa shape index (κ3) is 6.19. The van der Waals surface area contributed by atoms with Crippen LogP contribution in [0.2, 0.25) is 0 Å². The second-order valence-electron chi connectivity index (χ2n) is 5.99. The van der Waals surface area contributed by atoms with Crippen LogP contribution in [0.4, 0.5) is 4.39 Å². The number of ether oxygens (including phenoxy) is 1. The minimum atomic E-state index is -0.718. The number of carbonyl (C=O) groups is 3. The number of hydrogen-bond donors (Lipinski definition) is 0. The first-order chi connectivity index (χ1) is 12.3. The molecule has 136 valence electrons. The highest BCUT2D eigenvalue weighted by Crippen LogP contribution is 2.14. The zero-order valence-electron chi connectivity index (χ0n) is 14.2. The second kappa shape index (κ2) is 9.38. The molecule has 0 fully saturated rings. The van der Waals surface area contributed by atoms with Crippen LogP contribution in [0.3, 0.4) is 0 Å². The van der Waals surface area contributed by atoms with E-state index >= 15 is 0 Å². The number of hydrogen-bond acceptors (Lipinski definition) is 4. The molecule has 4 nitrogen and oxygen atoms in total. The molecule has 2 aromatic carbocycles. The molecule has 0 amide bonds. The summed E-state index contributed by atoms with van der Waals surface area (Å²) in [6, 6.07) is 12.6. The minimum absolute atomic E-state index is 0.109. The fourth-order valence-electron chi connectivity index (χ4n) is 2.36. The number of halogens is 2. The van der Waals surface area contributed by atoms with Gasteiger partial charge in [-0.3, -0.25) is 14.4 Å². The Hall–Kier alpha value is -2.34. The minimum Gasteiger partial charge on any atom is -0.457 e. The molecule has 0 spiro atoms. The van der Waals surface area contributed by atoms with Crippen LogP contribution in [0.1, 0.15) is 29.3 Å². The van der Waals surface area contributed by atoms with Gasteiger partial charge >= 0.3 is 5.97 Å². The van der Waals surface area contributed by atoms with E-state index in [1.165, 1.54) is 25.1 Å². The summed E-state index contributed by atoms with van der Waals surface area (Å²) >= 11 is 3.33. The number of Topliss-reactive ketones (excluding diaryl/α,β-unsaturated/α-hetero) is 2. The van der Waals surface area contributed by atoms with Gasteiger partial charge in [-0.25, -0.2) is 4.39 Å². The normalized spacial score (nSPS) is 11.7. The van der Waals surface area contributed by atoms with Gasteiger partial charge in [0.15, 0.2) is 11.6 Å².